The number of anilines is 2. The number of nitriles is 2. The minimum Gasteiger partial charge on any atom is -0.354 e. The van der Waals surface area contributed by atoms with Gasteiger partial charge in [0, 0.05) is 10.6 Å². The van der Waals surface area contributed by atoms with Crippen LogP contribution in [0.2, 0.25) is 0 Å². The highest BCUT2D eigenvalue weighted by atomic mass is 32.2. The molecule has 20 heavy (non-hydrogen) atoms. The quantitative estimate of drug-likeness (QED) is 0.855. The van der Waals surface area contributed by atoms with Crippen LogP contribution in [0.25, 0.3) is 0 Å². The Kier molecular flexibility index (Phi) is 4.30. The maximum Gasteiger partial charge on any atom is 0.103 e. The van der Waals surface area contributed by atoms with E-state index in [1.165, 1.54) is 0 Å². The summed E-state index contributed by atoms with van der Waals surface area (Å²) >= 11 is 1.54. The summed E-state index contributed by atoms with van der Waals surface area (Å²) in [6.07, 6.45) is 1.95. The van der Waals surface area contributed by atoms with Gasteiger partial charge in [0.1, 0.15) is 6.07 Å². The van der Waals surface area contributed by atoms with Crippen molar-refractivity contribution in [1.82, 2.24) is 0 Å². The van der Waals surface area contributed by atoms with Crippen molar-refractivity contribution >= 4 is 23.1 Å². The fraction of sp³-hybridized carbons (Fsp3) is 0.125. The van der Waals surface area contributed by atoms with Gasteiger partial charge in [0.25, 0.3) is 0 Å². The van der Waals surface area contributed by atoms with E-state index in [2.05, 4.69) is 17.5 Å². The lowest BCUT2D eigenvalue weighted by atomic mass is 10.1. The Hall–Kier alpha value is -2.43. The van der Waals surface area contributed by atoms with E-state index in [1.54, 1.807) is 23.9 Å². The van der Waals surface area contributed by atoms with Crippen molar-refractivity contribution in [2.24, 2.45) is 0 Å². The number of nitrogens with one attached hydrogen (secondary N) is 1. The molecule has 0 bridgehead atoms. The number of hydrogen-bond donors (Lipinski definition) is 1. The number of hydrogen-bond acceptors (Lipinski definition) is 4. The molecule has 0 unspecified atom stereocenters. The molecule has 4 heteroatoms. The molecule has 2 aromatic rings. The van der Waals surface area contributed by atoms with E-state index in [0.29, 0.717) is 11.1 Å². The molecule has 0 aliphatic carbocycles. The van der Waals surface area contributed by atoms with Gasteiger partial charge in [-0.15, -0.1) is 11.8 Å². The second-order valence-corrected chi connectivity index (χ2v) is 5.11. The van der Waals surface area contributed by atoms with E-state index >= 15 is 0 Å². The van der Waals surface area contributed by atoms with Gasteiger partial charge in [-0.3, -0.25) is 0 Å². The van der Waals surface area contributed by atoms with Crippen LogP contribution in [0.3, 0.4) is 0 Å². The molecule has 0 atom stereocenters. The van der Waals surface area contributed by atoms with Gasteiger partial charge in [0.05, 0.1) is 22.9 Å². The largest absolute Gasteiger partial charge is 0.354 e. The summed E-state index contributed by atoms with van der Waals surface area (Å²) in [4.78, 5) is 0.937. The summed E-state index contributed by atoms with van der Waals surface area (Å²) in [6, 6.07) is 15.5. The Bertz CT molecular complexity index is 723. The van der Waals surface area contributed by atoms with E-state index < -0.39 is 0 Å². The Labute approximate surface area is 122 Å². The van der Waals surface area contributed by atoms with Gasteiger partial charge in [-0.2, -0.15) is 10.5 Å². The first-order valence-corrected chi connectivity index (χ1v) is 7.27. The zero-order chi connectivity index (χ0) is 14.5. The summed E-state index contributed by atoms with van der Waals surface area (Å²) < 4.78 is 0. The van der Waals surface area contributed by atoms with Crippen molar-refractivity contribution in [3.05, 3.63) is 53.1 Å². The molecule has 0 saturated heterocycles. The van der Waals surface area contributed by atoms with E-state index in [4.69, 9.17) is 5.26 Å². The summed E-state index contributed by atoms with van der Waals surface area (Å²) in [6.45, 7) is 1.97. The second kappa shape index (κ2) is 6.14. The summed E-state index contributed by atoms with van der Waals surface area (Å²) in [5.41, 5.74) is 3.86. The second-order valence-electron chi connectivity index (χ2n) is 4.26. The molecule has 98 valence electrons. The third-order valence-corrected chi connectivity index (χ3v) is 3.77. The van der Waals surface area contributed by atoms with Gasteiger partial charge in [-0.05, 0) is 43.0 Å². The molecule has 1 N–H and O–H groups in total. The van der Waals surface area contributed by atoms with Crippen LogP contribution in [0.4, 0.5) is 11.4 Å². The Morgan fingerprint density at radius 1 is 1.05 bits per heavy atom. The van der Waals surface area contributed by atoms with Gasteiger partial charge < -0.3 is 5.32 Å². The van der Waals surface area contributed by atoms with Crippen LogP contribution in [0.15, 0.2) is 41.3 Å². The van der Waals surface area contributed by atoms with Gasteiger partial charge in [-0.1, -0.05) is 12.1 Å². The van der Waals surface area contributed by atoms with E-state index in [1.807, 2.05) is 37.4 Å². The molecule has 3 nitrogen and oxygen atoms in total. The molecule has 0 aromatic heterocycles. The third-order valence-electron chi connectivity index (χ3n) is 2.99. The van der Waals surface area contributed by atoms with Gasteiger partial charge >= 0.3 is 0 Å². The van der Waals surface area contributed by atoms with Crippen LogP contribution in [0.1, 0.15) is 16.7 Å². The molecule has 2 aromatic carbocycles. The van der Waals surface area contributed by atoms with Crippen LogP contribution in [-0.2, 0) is 0 Å². The van der Waals surface area contributed by atoms with Gasteiger partial charge in [-0.25, -0.2) is 0 Å². The smallest absolute Gasteiger partial charge is 0.103 e. The highest BCUT2D eigenvalue weighted by Crippen LogP contribution is 2.29. The zero-order valence-electron chi connectivity index (χ0n) is 11.3. The van der Waals surface area contributed by atoms with Crippen LogP contribution in [0.5, 0.6) is 0 Å². The van der Waals surface area contributed by atoms with Crippen molar-refractivity contribution in [2.75, 3.05) is 11.6 Å². The molecule has 0 aliphatic rings. The molecule has 0 fully saturated rings. The Morgan fingerprint density at radius 2 is 1.85 bits per heavy atom. The summed E-state index contributed by atoms with van der Waals surface area (Å²) in [5, 5.41) is 21.5. The van der Waals surface area contributed by atoms with Crippen molar-refractivity contribution < 1.29 is 0 Å². The molecular formula is C16H13N3S. The molecular weight excluding hydrogens is 266 g/mol. The zero-order valence-corrected chi connectivity index (χ0v) is 12.1. The fourth-order valence-electron chi connectivity index (χ4n) is 1.89. The normalized spacial score (nSPS) is 9.60. The minimum absolute atomic E-state index is 0.595. The summed E-state index contributed by atoms with van der Waals surface area (Å²) in [7, 11) is 0. The van der Waals surface area contributed by atoms with E-state index in [9.17, 15) is 5.26 Å². The number of rotatable bonds is 3. The molecule has 0 amide bonds. The highest BCUT2D eigenvalue weighted by Gasteiger charge is 2.09. The first-order chi connectivity index (χ1) is 9.69. The van der Waals surface area contributed by atoms with Crippen LogP contribution >= 0.6 is 11.8 Å². The average molecular weight is 279 g/mol. The lowest BCUT2D eigenvalue weighted by Gasteiger charge is -2.13. The standard InChI is InChI=1S/C16H13N3S/c1-11-6-7-12(9-17)8-15(11)19-14-4-3-5-16(20-2)13(14)10-18/h3-8,19H,1-2H3. The summed E-state index contributed by atoms with van der Waals surface area (Å²) in [5.74, 6) is 0. The fourth-order valence-corrected chi connectivity index (χ4v) is 2.47. The van der Waals surface area contributed by atoms with Crippen molar-refractivity contribution in [1.29, 1.82) is 10.5 Å². The molecule has 0 spiro atoms. The average Bonchev–Trinajstić information content (AvgIpc) is 2.49. The molecule has 0 heterocycles. The topological polar surface area (TPSA) is 59.6 Å². The maximum atomic E-state index is 9.32. The number of benzene rings is 2. The predicted molar refractivity (Wildman–Crippen MR) is 82.1 cm³/mol. The SMILES string of the molecule is CSc1cccc(Nc2cc(C#N)ccc2C)c1C#N. The molecule has 0 aliphatic heterocycles. The van der Waals surface area contributed by atoms with E-state index in [-0.39, 0.29) is 0 Å². The monoisotopic (exact) mass is 279 g/mol. The van der Waals surface area contributed by atoms with Gasteiger partial charge in [0.15, 0.2) is 0 Å². The van der Waals surface area contributed by atoms with E-state index in [0.717, 1.165) is 21.8 Å². The van der Waals surface area contributed by atoms with Gasteiger partial charge in [0.2, 0.25) is 0 Å². The molecule has 0 radical (unpaired) electrons. The number of thioether (sulfide) groups is 1. The molecule has 0 saturated carbocycles. The first-order valence-electron chi connectivity index (χ1n) is 6.04. The van der Waals surface area contributed by atoms with Crippen molar-refractivity contribution in [2.45, 2.75) is 11.8 Å². The number of aryl methyl sites for hydroxylation is 1. The van der Waals surface area contributed by atoms with Crippen LogP contribution < -0.4 is 5.32 Å². The van der Waals surface area contributed by atoms with Crippen molar-refractivity contribution in [3.8, 4) is 12.1 Å². The van der Waals surface area contributed by atoms with Crippen molar-refractivity contribution in [3.63, 3.8) is 0 Å². The lowest BCUT2D eigenvalue weighted by Crippen LogP contribution is -1.97. The first kappa shape index (κ1) is 14.0. The highest BCUT2D eigenvalue weighted by molar-refractivity contribution is 7.98. The molecule has 2 rings (SSSR count). The Morgan fingerprint density at radius 3 is 2.50 bits per heavy atom. The van der Waals surface area contributed by atoms with Crippen LogP contribution in [-0.4, -0.2) is 6.26 Å². The lowest BCUT2D eigenvalue weighted by molar-refractivity contribution is 1.34. The Balaban J connectivity index is 2.46. The maximum absolute atomic E-state index is 9.32. The number of nitrogens with zero attached hydrogens (tertiary/aromatic N) is 2. The minimum atomic E-state index is 0.595. The third kappa shape index (κ3) is 2.77. The van der Waals surface area contributed by atoms with Crippen LogP contribution in [0, 0.1) is 29.6 Å². The predicted octanol–water partition coefficient (Wildman–Crippen LogP) is 4.20.